The van der Waals surface area contributed by atoms with Gasteiger partial charge in [-0.25, -0.2) is 9.13 Å². The van der Waals surface area contributed by atoms with Crippen LogP contribution in [0.5, 0.6) is 34.5 Å². The molecule has 0 amide bonds. The van der Waals surface area contributed by atoms with Crippen molar-refractivity contribution in [1.82, 2.24) is 0 Å². The first-order chi connectivity index (χ1) is 22.5. The molecule has 4 aromatic rings. The third kappa shape index (κ3) is 13.5. The number of hydrogen-bond donors (Lipinski definition) is 6. The highest BCUT2D eigenvalue weighted by Gasteiger charge is 2.18. The largest absolute Gasteiger partial charge is 0.508 e. The monoisotopic (exact) mass is 702 g/mol. The fourth-order valence-corrected chi connectivity index (χ4v) is 4.59. The Balaban J connectivity index is 0.000000681. The predicted octanol–water partition coefficient (Wildman–Crippen LogP) is 8.33. The second-order valence-corrected chi connectivity index (χ2v) is 10.7. The number of ketones is 2. The Bertz CT molecular complexity index is 1580. The molecular weight excluding hydrogens is 662 g/mol. The average molecular weight is 703 g/mol. The Morgan fingerprint density at radius 2 is 1.02 bits per heavy atom. The van der Waals surface area contributed by atoms with Gasteiger partial charge in [-0.1, -0.05) is 57.0 Å². The van der Waals surface area contributed by atoms with Crippen LogP contribution in [0.3, 0.4) is 0 Å². The highest BCUT2D eigenvalue weighted by atomic mass is 31.1. The van der Waals surface area contributed by atoms with Crippen LogP contribution >= 0.6 is 17.4 Å². The lowest BCUT2D eigenvalue weighted by Crippen LogP contribution is -2.11. The molecule has 14 heteroatoms. The molecule has 0 saturated heterocycles. The number of rotatable bonds is 7. The Hall–Kier alpha value is -4.86. The van der Waals surface area contributed by atoms with E-state index in [1.165, 1.54) is 62.8 Å². The van der Waals surface area contributed by atoms with E-state index in [1.807, 2.05) is 6.07 Å². The van der Waals surface area contributed by atoms with E-state index in [9.17, 15) is 29.5 Å². The molecule has 0 radical (unpaired) electrons. The first-order valence-corrected chi connectivity index (χ1v) is 15.5. The van der Waals surface area contributed by atoms with Gasteiger partial charge in [0.25, 0.3) is 0 Å². The number of carbonyl (C=O) groups is 2. The summed E-state index contributed by atoms with van der Waals surface area (Å²) >= 11 is 0. The van der Waals surface area contributed by atoms with Gasteiger partial charge in [0.2, 0.25) is 0 Å². The summed E-state index contributed by atoms with van der Waals surface area (Å²) in [4.78, 5) is 24.0. The van der Waals surface area contributed by atoms with Crippen molar-refractivity contribution in [3.05, 3.63) is 107 Å². The third-order valence-electron chi connectivity index (χ3n) is 6.53. The molecule has 0 spiro atoms. The number of hydrogen-bond acceptors (Lipinski definition) is 12. The first kappa shape index (κ1) is 41.2. The van der Waals surface area contributed by atoms with Crippen LogP contribution in [0, 0.1) is 0 Å². The Morgan fingerprint density at radius 3 is 1.38 bits per heavy atom. The fourth-order valence-electron chi connectivity index (χ4n) is 4.26. The van der Waals surface area contributed by atoms with Crippen LogP contribution in [0.4, 0.5) is 0 Å². The van der Waals surface area contributed by atoms with Crippen molar-refractivity contribution < 1.29 is 59.8 Å². The molecule has 0 aliphatic heterocycles. The van der Waals surface area contributed by atoms with Crippen molar-refractivity contribution in [2.45, 2.75) is 45.6 Å². The number of carbonyl (C=O) groups excluding carboxylic acids is 2. The summed E-state index contributed by atoms with van der Waals surface area (Å²) in [6.45, 7) is 0. The molecule has 5 rings (SSSR count). The van der Waals surface area contributed by atoms with Crippen LogP contribution in [0.15, 0.2) is 84.9 Å². The molecule has 48 heavy (non-hydrogen) atoms. The zero-order valence-corrected chi connectivity index (χ0v) is 27.0. The highest BCUT2D eigenvalue weighted by Crippen LogP contribution is 2.30. The molecule has 1 saturated carbocycles. The summed E-state index contributed by atoms with van der Waals surface area (Å²) in [6.07, 6.45) is 6.25. The average Bonchev–Trinajstić information content (AvgIpc) is 3.06. The van der Waals surface area contributed by atoms with Gasteiger partial charge in [0.05, 0.1) is 22.8 Å². The normalized spacial score (nSPS) is 12.1. The lowest BCUT2D eigenvalue weighted by atomic mass is 9.98. The number of phenols is 6. The van der Waals surface area contributed by atoms with Gasteiger partial charge in [-0.15, -0.1) is 0 Å². The number of phenolic OH excluding ortho intramolecular Hbond substituents is 6. The van der Waals surface area contributed by atoms with Crippen molar-refractivity contribution in [2.75, 3.05) is 7.11 Å². The summed E-state index contributed by atoms with van der Waals surface area (Å²) in [5.41, 5.74) is 0.593. The summed E-state index contributed by atoms with van der Waals surface area (Å²) in [6, 6.07) is 19.7. The van der Waals surface area contributed by atoms with Crippen molar-refractivity contribution in [2.24, 2.45) is 0 Å². The van der Waals surface area contributed by atoms with Gasteiger partial charge >= 0.3 is 17.4 Å². The minimum Gasteiger partial charge on any atom is -0.508 e. The molecule has 258 valence electrons. The smallest absolute Gasteiger partial charge is 0.327 e. The molecule has 0 bridgehead atoms. The van der Waals surface area contributed by atoms with Gasteiger partial charge < -0.3 is 30.6 Å². The molecule has 1 aliphatic rings. The van der Waals surface area contributed by atoms with E-state index in [0.29, 0.717) is 5.56 Å². The van der Waals surface area contributed by atoms with Crippen LogP contribution in [0.1, 0.15) is 72.8 Å². The van der Waals surface area contributed by atoms with Crippen LogP contribution < -0.4 is 0 Å². The number of aromatic hydroxyl groups is 6. The molecule has 0 aromatic heterocycles. The molecular formula is C34H40O12P2. The minimum atomic E-state index is -0.606. The molecule has 1 aliphatic carbocycles. The van der Waals surface area contributed by atoms with Crippen molar-refractivity contribution in [1.29, 1.82) is 0 Å². The van der Waals surface area contributed by atoms with Gasteiger partial charge in [0.1, 0.15) is 34.5 Å². The lowest BCUT2D eigenvalue weighted by Gasteiger charge is -2.17. The zero-order valence-electron chi connectivity index (χ0n) is 25.2. The van der Waals surface area contributed by atoms with E-state index in [4.69, 9.17) is 24.4 Å². The highest BCUT2D eigenvalue weighted by molar-refractivity contribution is 7.17. The Kier molecular flexibility index (Phi) is 18.7. The van der Waals surface area contributed by atoms with Gasteiger partial charge in [-0.3, -0.25) is 18.6 Å². The topological polar surface area (TPSA) is 208 Å². The zero-order chi connectivity index (χ0) is 34.8. The van der Waals surface area contributed by atoms with Crippen LogP contribution in [-0.4, -0.2) is 55.4 Å². The van der Waals surface area contributed by atoms with E-state index in [1.54, 1.807) is 24.3 Å². The van der Waals surface area contributed by atoms with Crippen molar-refractivity contribution >= 4 is 28.9 Å². The minimum absolute atomic E-state index is 0. The summed E-state index contributed by atoms with van der Waals surface area (Å²) in [7, 11) is 0.953. The Labute approximate surface area is 282 Å². The van der Waals surface area contributed by atoms with Gasteiger partial charge in [0, 0.05) is 32.3 Å². The summed E-state index contributed by atoms with van der Waals surface area (Å²) in [5, 5.41) is 56.0. The van der Waals surface area contributed by atoms with Gasteiger partial charge in [0.15, 0.2) is 11.6 Å². The molecule has 6 N–H and O–H groups in total. The van der Waals surface area contributed by atoms with E-state index >= 15 is 0 Å². The SMILES string of the molecule is C.COP=O.O=C(c1ccc(O)cc1O)c1ccc(O)cc1O.O=C(c1ccccc1)c1ccc(O)cc1O.O=POC1CCCCC1.[HH]. The maximum absolute atomic E-state index is 12.0. The van der Waals surface area contributed by atoms with Gasteiger partial charge in [-0.2, -0.15) is 0 Å². The predicted molar refractivity (Wildman–Crippen MR) is 182 cm³/mol. The second kappa shape index (κ2) is 21.8. The van der Waals surface area contributed by atoms with Crippen molar-refractivity contribution in [3.63, 3.8) is 0 Å². The standard InChI is InChI=1S/C13H10O5.C13H10O3.C6H11O2P.CH3O2P.CH4.H2/c14-7-1-3-9(11(16)5-7)13(18)10-4-2-8(15)6-12(10)17;14-10-6-7-11(12(15)8-10)13(16)9-4-2-1-3-5-9;7-9-8-6-4-2-1-3-5-6;1-3-4-2;;/h1-6,14-17H;1-8,14-15H;6H,1-5H2;1H3;1H4;1H. The molecule has 0 atom stereocenters. The maximum atomic E-state index is 12.0. The summed E-state index contributed by atoms with van der Waals surface area (Å²) in [5.74, 6) is -2.25. The maximum Gasteiger partial charge on any atom is 0.327 e. The number of benzene rings is 4. The third-order valence-corrected chi connectivity index (χ3v) is 7.07. The van der Waals surface area contributed by atoms with Crippen LogP contribution in [0.2, 0.25) is 0 Å². The van der Waals surface area contributed by atoms with E-state index < -0.39 is 5.78 Å². The molecule has 0 unspecified atom stereocenters. The second-order valence-electron chi connectivity index (χ2n) is 9.83. The molecule has 4 aromatic carbocycles. The Morgan fingerprint density at radius 1 is 0.625 bits per heavy atom. The quantitative estimate of drug-likeness (QED) is 0.0793. The van der Waals surface area contributed by atoms with E-state index in [-0.39, 0.29) is 89.3 Å². The molecule has 1 fully saturated rings. The first-order valence-electron chi connectivity index (χ1n) is 14.1. The lowest BCUT2D eigenvalue weighted by molar-refractivity contribution is 0.102. The van der Waals surface area contributed by atoms with Gasteiger partial charge in [-0.05, 0) is 49.2 Å². The van der Waals surface area contributed by atoms with E-state index in [0.717, 1.165) is 31.0 Å². The van der Waals surface area contributed by atoms with E-state index in [2.05, 4.69) is 4.52 Å². The summed E-state index contributed by atoms with van der Waals surface area (Å²) < 4.78 is 27.9. The van der Waals surface area contributed by atoms with Crippen LogP contribution in [-0.2, 0) is 18.2 Å². The molecule has 12 nitrogen and oxygen atoms in total. The molecule has 0 heterocycles. The van der Waals surface area contributed by atoms with Crippen LogP contribution in [0.25, 0.3) is 0 Å². The fraction of sp³-hybridized carbons (Fsp3) is 0.235. The van der Waals surface area contributed by atoms with Crippen molar-refractivity contribution in [3.8, 4) is 34.5 Å².